The molecule has 0 aliphatic heterocycles. The van der Waals surface area contributed by atoms with Crippen LogP contribution in [0.4, 0.5) is 0 Å². The van der Waals surface area contributed by atoms with E-state index in [1.54, 1.807) is 0 Å². The first-order valence-corrected chi connectivity index (χ1v) is 7.80. The lowest BCUT2D eigenvalue weighted by Gasteiger charge is -2.19. The first-order chi connectivity index (χ1) is 9.97. The molecule has 1 aromatic carbocycles. The lowest BCUT2D eigenvalue weighted by molar-refractivity contribution is 0.559. The summed E-state index contributed by atoms with van der Waals surface area (Å²) in [5, 5.41) is 8.72. The van der Waals surface area contributed by atoms with Gasteiger partial charge in [0.15, 0.2) is 0 Å². The van der Waals surface area contributed by atoms with Crippen molar-refractivity contribution in [3.63, 3.8) is 0 Å². The van der Waals surface area contributed by atoms with Crippen molar-refractivity contribution in [2.75, 3.05) is 7.05 Å². The van der Waals surface area contributed by atoms with Crippen molar-refractivity contribution >= 4 is 11.6 Å². The van der Waals surface area contributed by atoms with Crippen LogP contribution in [0.15, 0.2) is 18.2 Å². The van der Waals surface area contributed by atoms with Gasteiger partial charge in [0.25, 0.3) is 0 Å². The summed E-state index contributed by atoms with van der Waals surface area (Å²) in [7, 11) is 3.96. The van der Waals surface area contributed by atoms with Crippen molar-refractivity contribution in [2.45, 2.75) is 39.7 Å². The van der Waals surface area contributed by atoms with E-state index >= 15 is 0 Å². The van der Waals surface area contributed by atoms with Gasteiger partial charge < -0.3 is 5.32 Å². The third-order valence-corrected chi connectivity index (χ3v) is 4.49. The number of hydrogen-bond donors (Lipinski definition) is 1. The third-order valence-electron chi connectivity index (χ3n) is 4.05. The van der Waals surface area contributed by atoms with Crippen molar-refractivity contribution in [3.8, 4) is 0 Å². The van der Waals surface area contributed by atoms with E-state index in [0.29, 0.717) is 0 Å². The van der Waals surface area contributed by atoms with E-state index < -0.39 is 0 Å². The van der Waals surface area contributed by atoms with Gasteiger partial charge in [0.2, 0.25) is 0 Å². The zero-order chi connectivity index (χ0) is 15.6. The molecule has 0 amide bonds. The second kappa shape index (κ2) is 6.63. The zero-order valence-corrected chi connectivity index (χ0v) is 14.3. The molecule has 1 N–H and O–H groups in total. The molecule has 0 fully saturated rings. The number of nitrogens with one attached hydrogen (secondary N) is 1. The van der Waals surface area contributed by atoms with E-state index in [9.17, 15) is 0 Å². The highest BCUT2D eigenvalue weighted by atomic mass is 35.5. The molecule has 0 bridgehead atoms. The summed E-state index contributed by atoms with van der Waals surface area (Å²) in [4.78, 5) is 0. The topological polar surface area (TPSA) is 29.9 Å². The molecule has 0 saturated heterocycles. The maximum Gasteiger partial charge on any atom is 0.0850 e. The summed E-state index contributed by atoms with van der Waals surface area (Å²) < 4.78 is 1.91. The van der Waals surface area contributed by atoms with Crippen LogP contribution in [-0.2, 0) is 19.9 Å². The standard InChI is InChI=1S/C17H24ClN3/c1-6-14-17(18)16(21(5)20-14)10-15(19-4)13-8-7-11(2)9-12(13)3/h7-9,15,19H,6,10H2,1-5H3. The van der Waals surface area contributed by atoms with E-state index in [1.165, 1.54) is 16.7 Å². The average Bonchev–Trinajstić information content (AvgIpc) is 2.72. The number of benzene rings is 1. The van der Waals surface area contributed by atoms with Crippen LogP contribution in [0, 0.1) is 13.8 Å². The highest BCUT2D eigenvalue weighted by molar-refractivity contribution is 6.31. The molecule has 1 aromatic heterocycles. The monoisotopic (exact) mass is 305 g/mol. The van der Waals surface area contributed by atoms with Gasteiger partial charge in [0.05, 0.1) is 16.4 Å². The Hall–Kier alpha value is -1.32. The summed E-state index contributed by atoms with van der Waals surface area (Å²) in [6, 6.07) is 6.83. The second-order valence-corrected chi connectivity index (χ2v) is 5.97. The lowest BCUT2D eigenvalue weighted by Crippen LogP contribution is -2.21. The molecule has 0 spiro atoms. The minimum atomic E-state index is 0.239. The van der Waals surface area contributed by atoms with Crippen LogP contribution in [-0.4, -0.2) is 16.8 Å². The Morgan fingerprint density at radius 1 is 1.33 bits per heavy atom. The number of rotatable bonds is 5. The van der Waals surface area contributed by atoms with Crippen LogP contribution in [0.2, 0.25) is 5.02 Å². The Balaban J connectivity index is 2.33. The Morgan fingerprint density at radius 2 is 2.05 bits per heavy atom. The third kappa shape index (κ3) is 3.30. The molecular formula is C17H24ClN3. The number of likely N-dealkylation sites (N-methyl/N-ethyl adjacent to an activating group) is 1. The van der Waals surface area contributed by atoms with E-state index in [4.69, 9.17) is 11.6 Å². The van der Waals surface area contributed by atoms with Crippen molar-refractivity contribution in [1.82, 2.24) is 15.1 Å². The maximum absolute atomic E-state index is 6.47. The predicted octanol–water partition coefficient (Wildman–Crippen LogP) is 3.76. The van der Waals surface area contributed by atoms with Gasteiger partial charge in [-0.05, 0) is 38.4 Å². The summed E-state index contributed by atoms with van der Waals surface area (Å²) in [5.41, 5.74) is 5.98. The normalized spacial score (nSPS) is 12.7. The molecule has 2 aromatic rings. The van der Waals surface area contributed by atoms with Crippen molar-refractivity contribution in [3.05, 3.63) is 51.3 Å². The molecule has 1 unspecified atom stereocenters. The van der Waals surface area contributed by atoms with Crippen molar-refractivity contribution in [1.29, 1.82) is 0 Å². The molecule has 114 valence electrons. The minimum Gasteiger partial charge on any atom is -0.313 e. The predicted molar refractivity (Wildman–Crippen MR) is 89.0 cm³/mol. The van der Waals surface area contributed by atoms with Gasteiger partial charge >= 0.3 is 0 Å². The Morgan fingerprint density at radius 3 is 2.57 bits per heavy atom. The molecule has 0 aliphatic carbocycles. The minimum absolute atomic E-state index is 0.239. The quantitative estimate of drug-likeness (QED) is 0.911. The van der Waals surface area contributed by atoms with E-state index in [0.717, 1.165) is 29.3 Å². The molecule has 3 nitrogen and oxygen atoms in total. The molecule has 0 radical (unpaired) electrons. The molecule has 1 heterocycles. The second-order valence-electron chi connectivity index (χ2n) is 5.59. The Bertz CT molecular complexity index is 631. The number of halogens is 1. The lowest BCUT2D eigenvalue weighted by atomic mass is 9.96. The van der Waals surface area contributed by atoms with Gasteiger partial charge in [-0.25, -0.2) is 0 Å². The Labute approximate surface area is 132 Å². The maximum atomic E-state index is 6.47. The van der Waals surface area contributed by atoms with Crippen LogP contribution >= 0.6 is 11.6 Å². The molecule has 1 atom stereocenters. The highest BCUT2D eigenvalue weighted by Crippen LogP contribution is 2.27. The summed E-state index contributed by atoms with van der Waals surface area (Å²) >= 11 is 6.47. The average molecular weight is 306 g/mol. The molecule has 4 heteroatoms. The number of aromatic nitrogens is 2. The highest BCUT2D eigenvalue weighted by Gasteiger charge is 2.19. The van der Waals surface area contributed by atoms with Crippen LogP contribution in [0.5, 0.6) is 0 Å². The van der Waals surface area contributed by atoms with Crippen LogP contribution in [0.25, 0.3) is 0 Å². The SMILES string of the molecule is CCc1nn(C)c(CC(NC)c2ccc(C)cc2C)c1Cl. The summed E-state index contributed by atoms with van der Waals surface area (Å²) in [6.07, 6.45) is 1.70. The summed E-state index contributed by atoms with van der Waals surface area (Å²) in [5.74, 6) is 0. The van der Waals surface area contributed by atoms with Gasteiger partial charge in [-0.1, -0.05) is 42.3 Å². The smallest absolute Gasteiger partial charge is 0.0850 e. The van der Waals surface area contributed by atoms with E-state index in [1.807, 2.05) is 18.8 Å². The van der Waals surface area contributed by atoms with Crippen LogP contribution < -0.4 is 5.32 Å². The molecule has 2 rings (SSSR count). The number of nitrogens with zero attached hydrogens (tertiary/aromatic N) is 2. The van der Waals surface area contributed by atoms with Gasteiger partial charge in [-0.3, -0.25) is 4.68 Å². The zero-order valence-electron chi connectivity index (χ0n) is 13.5. The van der Waals surface area contributed by atoms with Crippen molar-refractivity contribution in [2.24, 2.45) is 7.05 Å². The van der Waals surface area contributed by atoms with Crippen LogP contribution in [0.3, 0.4) is 0 Å². The van der Waals surface area contributed by atoms with Gasteiger partial charge in [0.1, 0.15) is 0 Å². The number of hydrogen-bond acceptors (Lipinski definition) is 2. The molecule has 0 saturated carbocycles. The molecule has 21 heavy (non-hydrogen) atoms. The largest absolute Gasteiger partial charge is 0.313 e. The fourth-order valence-corrected chi connectivity index (χ4v) is 3.19. The van der Waals surface area contributed by atoms with Gasteiger partial charge in [-0.2, -0.15) is 5.10 Å². The van der Waals surface area contributed by atoms with E-state index in [-0.39, 0.29) is 6.04 Å². The fraction of sp³-hybridized carbons (Fsp3) is 0.471. The first-order valence-electron chi connectivity index (χ1n) is 7.42. The van der Waals surface area contributed by atoms with Crippen LogP contribution in [0.1, 0.15) is 41.0 Å². The molecular weight excluding hydrogens is 282 g/mol. The fourth-order valence-electron chi connectivity index (χ4n) is 2.82. The first kappa shape index (κ1) is 16.1. The number of aryl methyl sites for hydroxylation is 4. The van der Waals surface area contributed by atoms with E-state index in [2.05, 4.69) is 49.4 Å². The summed E-state index contributed by atoms with van der Waals surface area (Å²) in [6.45, 7) is 6.36. The van der Waals surface area contributed by atoms with Gasteiger partial charge in [-0.15, -0.1) is 0 Å². The Kier molecular flexibility index (Phi) is 5.07. The molecule has 0 aliphatic rings. The van der Waals surface area contributed by atoms with Crippen molar-refractivity contribution < 1.29 is 0 Å². The van der Waals surface area contributed by atoms with Gasteiger partial charge in [0, 0.05) is 19.5 Å².